The van der Waals surface area contributed by atoms with Crippen LogP contribution in [0.15, 0.2) is 4.42 Å². The summed E-state index contributed by atoms with van der Waals surface area (Å²) >= 11 is 0. The van der Waals surface area contributed by atoms with Gasteiger partial charge in [0, 0.05) is 5.92 Å². The Morgan fingerprint density at radius 2 is 2.14 bits per heavy atom. The van der Waals surface area contributed by atoms with Gasteiger partial charge in [0.1, 0.15) is 5.41 Å². The molecule has 0 spiro atoms. The molecule has 0 amide bonds. The van der Waals surface area contributed by atoms with Crippen LogP contribution in [0.4, 0.5) is 0 Å². The Hall–Kier alpha value is -1.39. The molecule has 0 atom stereocenters. The van der Waals surface area contributed by atoms with Crippen LogP contribution < -0.4 is 0 Å². The third-order valence-electron chi connectivity index (χ3n) is 2.94. The standard InChI is InChI=1S/C9H10N2O3/c12-8(13)9(3-4-9)7-11-10-6(14-7)5-1-2-5/h5H,1-4H2,(H,12,13). The Morgan fingerprint density at radius 1 is 1.43 bits per heavy atom. The zero-order valence-electron chi connectivity index (χ0n) is 7.56. The Kier molecular flexibility index (Phi) is 1.33. The van der Waals surface area contributed by atoms with Gasteiger partial charge in [-0.25, -0.2) is 0 Å². The molecule has 1 aromatic rings. The van der Waals surface area contributed by atoms with E-state index in [9.17, 15) is 4.79 Å². The Labute approximate surface area is 80.1 Å². The topological polar surface area (TPSA) is 76.2 Å². The zero-order valence-corrected chi connectivity index (χ0v) is 7.56. The molecular weight excluding hydrogens is 184 g/mol. The molecule has 5 nitrogen and oxygen atoms in total. The predicted molar refractivity (Wildman–Crippen MR) is 44.8 cm³/mol. The van der Waals surface area contributed by atoms with Crippen molar-refractivity contribution in [2.24, 2.45) is 0 Å². The number of rotatable bonds is 3. The molecule has 1 N–H and O–H groups in total. The van der Waals surface area contributed by atoms with Gasteiger partial charge in [-0.3, -0.25) is 4.79 Å². The van der Waals surface area contributed by atoms with Crippen LogP contribution in [-0.4, -0.2) is 21.3 Å². The van der Waals surface area contributed by atoms with Crippen LogP contribution in [-0.2, 0) is 10.2 Å². The average molecular weight is 194 g/mol. The van der Waals surface area contributed by atoms with Gasteiger partial charge in [0.2, 0.25) is 11.8 Å². The molecule has 0 radical (unpaired) electrons. The maximum atomic E-state index is 11.0. The van der Waals surface area contributed by atoms with Gasteiger partial charge >= 0.3 is 5.97 Å². The van der Waals surface area contributed by atoms with Gasteiger partial charge in [-0.2, -0.15) is 0 Å². The first-order valence-corrected chi connectivity index (χ1v) is 4.80. The monoisotopic (exact) mass is 194 g/mol. The maximum absolute atomic E-state index is 11.0. The molecule has 2 saturated carbocycles. The van der Waals surface area contributed by atoms with E-state index in [2.05, 4.69) is 10.2 Å². The summed E-state index contributed by atoms with van der Waals surface area (Å²) in [4.78, 5) is 11.0. The minimum absolute atomic E-state index is 0.298. The maximum Gasteiger partial charge on any atom is 0.319 e. The van der Waals surface area contributed by atoms with Crippen LogP contribution in [0.3, 0.4) is 0 Å². The lowest BCUT2D eigenvalue weighted by molar-refractivity contribution is -0.140. The smallest absolute Gasteiger partial charge is 0.319 e. The van der Waals surface area contributed by atoms with Crippen LogP contribution in [0.1, 0.15) is 43.4 Å². The highest BCUT2D eigenvalue weighted by Gasteiger charge is 2.56. The molecule has 5 heteroatoms. The molecule has 0 bridgehead atoms. The first-order chi connectivity index (χ1) is 6.72. The van der Waals surface area contributed by atoms with Crippen molar-refractivity contribution in [1.82, 2.24) is 10.2 Å². The van der Waals surface area contributed by atoms with E-state index in [4.69, 9.17) is 9.52 Å². The lowest BCUT2D eigenvalue weighted by atomic mass is 10.1. The predicted octanol–water partition coefficient (Wildman–Crippen LogP) is 1.06. The summed E-state index contributed by atoms with van der Waals surface area (Å²) in [5.74, 6) is 0.462. The van der Waals surface area contributed by atoms with E-state index in [0.29, 0.717) is 30.5 Å². The number of hydrogen-bond acceptors (Lipinski definition) is 4. The van der Waals surface area contributed by atoms with Gasteiger partial charge < -0.3 is 9.52 Å². The lowest BCUT2D eigenvalue weighted by Crippen LogP contribution is -2.19. The SMILES string of the molecule is O=C(O)C1(c2nnc(C3CC3)o2)CC1. The Balaban J connectivity index is 1.92. The fourth-order valence-electron chi connectivity index (χ4n) is 1.57. The molecule has 2 aliphatic carbocycles. The number of hydrogen-bond donors (Lipinski definition) is 1. The normalized spacial score (nSPS) is 23.4. The molecule has 2 fully saturated rings. The minimum Gasteiger partial charge on any atom is -0.480 e. The number of carboxylic acid groups (broad SMARTS) is 1. The lowest BCUT2D eigenvalue weighted by Gasteiger charge is -2.01. The summed E-state index contributed by atoms with van der Waals surface area (Å²) in [6.07, 6.45) is 3.41. The van der Waals surface area contributed by atoms with Gasteiger partial charge in [-0.15, -0.1) is 10.2 Å². The van der Waals surface area contributed by atoms with E-state index in [1.807, 2.05) is 0 Å². The van der Waals surface area contributed by atoms with Crippen molar-refractivity contribution in [1.29, 1.82) is 0 Å². The van der Waals surface area contributed by atoms with E-state index < -0.39 is 11.4 Å². The molecule has 1 aromatic heterocycles. The van der Waals surface area contributed by atoms with Gasteiger partial charge in [0.25, 0.3) is 0 Å². The van der Waals surface area contributed by atoms with E-state index in [1.54, 1.807) is 0 Å². The number of carbonyl (C=O) groups is 1. The fraction of sp³-hybridized carbons (Fsp3) is 0.667. The van der Waals surface area contributed by atoms with E-state index in [1.165, 1.54) is 0 Å². The summed E-state index contributed by atoms with van der Waals surface area (Å²) in [5.41, 5.74) is -0.847. The second-order valence-electron chi connectivity index (χ2n) is 4.11. The molecule has 0 saturated heterocycles. The molecule has 0 unspecified atom stereocenters. The molecule has 2 aliphatic rings. The van der Waals surface area contributed by atoms with Crippen molar-refractivity contribution in [2.75, 3.05) is 0 Å². The summed E-state index contributed by atoms with van der Waals surface area (Å²) in [5, 5.41) is 16.7. The third kappa shape index (κ3) is 0.981. The van der Waals surface area contributed by atoms with Gasteiger partial charge in [0.05, 0.1) is 0 Å². The van der Waals surface area contributed by atoms with Gasteiger partial charge in [-0.1, -0.05) is 0 Å². The third-order valence-corrected chi connectivity index (χ3v) is 2.94. The Bertz CT molecular complexity index is 391. The summed E-state index contributed by atoms with van der Waals surface area (Å²) in [7, 11) is 0. The van der Waals surface area contributed by atoms with Crippen molar-refractivity contribution < 1.29 is 14.3 Å². The van der Waals surface area contributed by atoms with Gasteiger partial charge in [-0.05, 0) is 25.7 Å². The molecule has 14 heavy (non-hydrogen) atoms. The molecule has 1 heterocycles. The van der Waals surface area contributed by atoms with Crippen molar-refractivity contribution in [3.8, 4) is 0 Å². The molecular formula is C9H10N2O3. The second kappa shape index (κ2) is 2.34. The highest BCUT2D eigenvalue weighted by Crippen LogP contribution is 2.49. The van der Waals surface area contributed by atoms with Crippen molar-refractivity contribution in [2.45, 2.75) is 37.0 Å². The molecule has 3 rings (SSSR count). The average Bonchev–Trinajstić information content (AvgIpc) is 3.06. The van der Waals surface area contributed by atoms with Crippen LogP contribution in [0.5, 0.6) is 0 Å². The highest BCUT2D eigenvalue weighted by atomic mass is 16.4. The summed E-state index contributed by atoms with van der Waals surface area (Å²) in [6, 6.07) is 0. The number of aromatic nitrogens is 2. The van der Waals surface area contributed by atoms with E-state index in [0.717, 1.165) is 12.8 Å². The fourth-order valence-corrected chi connectivity index (χ4v) is 1.57. The summed E-state index contributed by atoms with van der Waals surface area (Å²) in [6.45, 7) is 0. The first-order valence-electron chi connectivity index (χ1n) is 4.80. The van der Waals surface area contributed by atoms with E-state index in [-0.39, 0.29) is 0 Å². The second-order valence-corrected chi connectivity index (χ2v) is 4.11. The Morgan fingerprint density at radius 3 is 2.64 bits per heavy atom. The van der Waals surface area contributed by atoms with Crippen molar-refractivity contribution >= 4 is 5.97 Å². The van der Waals surface area contributed by atoms with Gasteiger partial charge in [0.15, 0.2) is 0 Å². The van der Waals surface area contributed by atoms with Crippen LogP contribution in [0, 0.1) is 0 Å². The van der Waals surface area contributed by atoms with Crippen LogP contribution >= 0.6 is 0 Å². The molecule has 74 valence electrons. The quantitative estimate of drug-likeness (QED) is 0.778. The van der Waals surface area contributed by atoms with Crippen LogP contribution in [0.2, 0.25) is 0 Å². The number of nitrogens with zero attached hydrogens (tertiary/aromatic N) is 2. The summed E-state index contributed by atoms with van der Waals surface area (Å²) < 4.78 is 5.39. The highest BCUT2D eigenvalue weighted by molar-refractivity contribution is 5.83. The number of aliphatic carboxylic acids is 1. The van der Waals surface area contributed by atoms with Crippen molar-refractivity contribution in [3.63, 3.8) is 0 Å². The van der Waals surface area contributed by atoms with Crippen molar-refractivity contribution in [3.05, 3.63) is 11.8 Å². The first kappa shape index (κ1) is 7.96. The number of carboxylic acids is 1. The zero-order chi connectivity index (χ0) is 9.76. The van der Waals surface area contributed by atoms with Crippen LogP contribution in [0.25, 0.3) is 0 Å². The molecule has 0 aromatic carbocycles. The van der Waals surface area contributed by atoms with E-state index >= 15 is 0 Å². The minimum atomic E-state index is -0.847. The largest absolute Gasteiger partial charge is 0.480 e. The molecule has 0 aliphatic heterocycles.